The van der Waals surface area contributed by atoms with E-state index in [1.54, 1.807) is 0 Å². The van der Waals surface area contributed by atoms with E-state index in [-0.39, 0.29) is 0 Å². The highest BCUT2D eigenvalue weighted by Gasteiger charge is 2.24. The molecular weight excluding hydrogens is 282 g/mol. The maximum absolute atomic E-state index is 4.33. The highest BCUT2D eigenvalue weighted by molar-refractivity contribution is 5.72. The average Bonchev–Trinajstić information content (AvgIpc) is 2.98. The molecule has 0 aliphatic carbocycles. The van der Waals surface area contributed by atoms with Gasteiger partial charge in [-0.25, -0.2) is 0 Å². The van der Waals surface area contributed by atoms with E-state index in [2.05, 4.69) is 49.1 Å². The molecule has 0 saturated heterocycles. The van der Waals surface area contributed by atoms with Crippen molar-refractivity contribution in [1.82, 2.24) is 9.78 Å². The van der Waals surface area contributed by atoms with Crippen molar-refractivity contribution >= 4 is 5.69 Å². The molecule has 0 amide bonds. The van der Waals surface area contributed by atoms with Crippen molar-refractivity contribution in [2.24, 2.45) is 7.05 Å². The third-order valence-corrected chi connectivity index (χ3v) is 5.13. The normalized spacial score (nSPS) is 15.6. The number of anilines is 1. The molecule has 0 N–H and O–H groups in total. The Kier molecular flexibility index (Phi) is 4.74. The van der Waals surface area contributed by atoms with E-state index in [4.69, 9.17) is 0 Å². The fourth-order valence-corrected chi connectivity index (χ4v) is 3.93. The number of rotatable bonds is 5. The van der Waals surface area contributed by atoms with Crippen LogP contribution in [0.1, 0.15) is 50.7 Å². The molecule has 1 atom stereocenters. The van der Waals surface area contributed by atoms with Gasteiger partial charge in [-0.15, -0.1) is 0 Å². The van der Waals surface area contributed by atoms with Gasteiger partial charge in [0.05, 0.1) is 6.20 Å². The summed E-state index contributed by atoms with van der Waals surface area (Å²) < 4.78 is 1.88. The van der Waals surface area contributed by atoms with Crippen LogP contribution in [0.15, 0.2) is 24.5 Å². The number of hydrogen-bond acceptors (Lipinski definition) is 2. The van der Waals surface area contributed by atoms with Crippen LogP contribution >= 0.6 is 0 Å². The van der Waals surface area contributed by atoms with E-state index in [1.807, 2.05) is 17.9 Å². The number of aromatic nitrogens is 2. The highest BCUT2D eigenvalue weighted by atomic mass is 15.2. The SMILES string of the molecule is CCCC(CC)N1CCCc2cc(-c3cnn(C)c3)c(C)cc21. The van der Waals surface area contributed by atoms with E-state index in [0.717, 1.165) is 0 Å². The lowest BCUT2D eigenvalue weighted by molar-refractivity contribution is 0.509. The molecule has 0 radical (unpaired) electrons. The van der Waals surface area contributed by atoms with Crippen LogP contribution in [0.25, 0.3) is 11.1 Å². The summed E-state index contributed by atoms with van der Waals surface area (Å²) in [5.74, 6) is 0. The smallest absolute Gasteiger partial charge is 0.0568 e. The summed E-state index contributed by atoms with van der Waals surface area (Å²) in [6.07, 6.45) is 10.3. The maximum atomic E-state index is 4.33. The first-order valence-electron chi connectivity index (χ1n) is 9.03. The van der Waals surface area contributed by atoms with Gasteiger partial charge < -0.3 is 4.90 Å². The minimum atomic E-state index is 0.683. The summed E-state index contributed by atoms with van der Waals surface area (Å²) >= 11 is 0. The molecule has 23 heavy (non-hydrogen) atoms. The topological polar surface area (TPSA) is 21.1 Å². The first-order chi connectivity index (χ1) is 11.1. The van der Waals surface area contributed by atoms with Crippen molar-refractivity contribution in [3.63, 3.8) is 0 Å². The molecule has 1 aromatic carbocycles. The molecule has 3 rings (SSSR count). The van der Waals surface area contributed by atoms with Crippen LogP contribution < -0.4 is 4.90 Å². The number of aryl methyl sites for hydroxylation is 3. The zero-order chi connectivity index (χ0) is 16.4. The first kappa shape index (κ1) is 16.1. The van der Waals surface area contributed by atoms with E-state index < -0.39 is 0 Å². The minimum absolute atomic E-state index is 0.683. The molecule has 0 spiro atoms. The summed E-state index contributed by atoms with van der Waals surface area (Å²) in [5, 5.41) is 4.33. The van der Waals surface area contributed by atoms with Gasteiger partial charge in [0, 0.05) is 37.1 Å². The summed E-state index contributed by atoms with van der Waals surface area (Å²) in [4.78, 5) is 2.67. The third-order valence-electron chi connectivity index (χ3n) is 5.13. The standard InChI is InChI=1S/C20H29N3/c1-5-8-18(6-2)23-10-7-9-16-12-19(15(3)11-20(16)23)17-13-21-22(4)14-17/h11-14,18H,5-10H2,1-4H3. The van der Waals surface area contributed by atoms with Gasteiger partial charge in [0.1, 0.15) is 0 Å². The Morgan fingerprint density at radius 1 is 1.26 bits per heavy atom. The van der Waals surface area contributed by atoms with Crippen LogP contribution in [-0.2, 0) is 13.5 Å². The molecule has 124 valence electrons. The Hall–Kier alpha value is -1.77. The molecule has 0 bridgehead atoms. The molecule has 0 saturated carbocycles. The lowest BCUT2D eigenvalue weighted by Gasteiger charge is -2.38. The molecule has 1 aromatic heterocycles. The highest BCUT2D eigenvalue weighted by Crippen LogP contribution is 2.36. The predicted molar refractivity (Wildman–Crippen MR) is 98.0 cm³/mol. The molecule has 3 heteroatoms. The van der Waals surface area contributed by atoms with Crippen molar-refractivity contribution in [1.29, 1.82) is 0 Å². The average molecular weight is 311 g/mol. The van der Waals surface area contributed by atoms with Gasteiger partial charge in [-0.2, -0.15) is 5.10 Å². The fraction of sp³-hybridized carbons (Fsp3) is 0.550. The van der Waals surface area contributed by atoms with E-state index >= 15 is 0 Å². The molecule has 2 heterocycles. The minimum Gasteiger partial charge on any atom is -0.368 e. The first-order valence-corrected chi connectivity index (χ1v) is 9.03. The molecule has 2 aromatic rings. The van der Waals surface area contributed by atoms with Crippen LogP contribution in [-0.4, -0.2) is 22.4 Å². The second-order valence-electron chi connectivity index (χ2n) is 6.85. The Morgan fingerprint density at radius 2 is 2.09 bits per heavy atom. The number of fused-ring (bicyclic) bond motifs is 1. The monoisotopic (exact) mass is 311 g/mol. The van der Waals surface area contributed by atoms with E-state index in [9.17, 15) is 0 Å². The maximum Gasteiger partial charge on any atom is 0.0568 e. The van der Waals surface area contributed by atoms with Crippen molar-refractivity contribution < 1.29 is 0 Å². The summed E-state index contributed by atoms with van der Waals surface area (Å²) in [7, 11) is 1.98. The van der Waals surface area contributed by atoms with E-state index in [1.165, 1.54) is 66.6 Å². The van der Waals surface area contributed by atoms with Crippen molar-refractivity contribution in [3.8, 4) is 11.1 Å². The fourth-order valence-electron chi connectivity index (χ4n) is 3.93. The Morgan fingerprint density at radius 3 is 2.74 bits per heavy atom. The summed E-state index contributed by atoms with van der Waals surface area (Å²) in [6, 6.07) is 5.50. The lowest BCUT2D eigenvalue weighted by atomic mass is 9.92. The zero-order valence-corrected chi connectivity index (χ0v) is 15.0. The van der Waals surface area contributed by atoms with Gasteiger partial charge in [0.15, 0.2) is 0 Å². The van der Waals surface area contributed by atoms with Gasteiger partial charge in [-0.05, 0) is 61.4 Å². The molecule has 0 fully saturated rings. The van der Waals surface area contributed by atoms with Crippen LogP contribution in [0.4, 0.5) is 5.69 Å². The van der Waals surface area contributed by atoms with Crippen LogP contribution in [0.5, 0.6) is 0 Å². The quantitative estimate of drug-likeness (QED) is 0.796. The van der Waals surface area contributed by atoms with Crippen LogP contribution in [0, 0.1) is 6.92 Å². The third kappa shape index (κ3) is 3.15. The van der Waals surface area contributed by atoms with Gasteiger partial charge in [0.2, 0.25) is 0 Å². The summed E-state index contributed by atoms with van der Waals surface area (Å²) in [6.45, 7) is 8.06. The lowest BCUT2D eigenvalue weighted by Crippen LogP contribution is -2.38. The van der Waals surface area contributed by atoms with E-state index in [0.29, 0.717) is 6.04 Å². The van der Waals surface area contributed by atoms with Crippen molar-refractivity contribution in [2.75, 3.05) is 11.4 Å². The zero-order valence-electron chi connectivity index (χ0n) is 15.0. The van der Waals surface area contributed by atoms with Crippen LogP contribution in [0.2, 0.25) is 0 Å². The second kappa shape index (κ2) is 6.77. The van der Waals surface area contributed by atoms with Gasteiger partial charge >= 0.3 is 0 Å². The van der Waals surface area contributed by atoms with Gasteiger partial charge in [-0.1, -0.05) is 20.3 Å². The molecule has 3 nitrogen and oxygen atoms in total. The van der Waals surface area contributed by atoms with Crippen molar-refractivity contribution in [2.45, 2.75) is 58.9 Å². The number of hydrogen-bond donors (Lipinski definition) is 0. The van der Waals surface area contributed by atoms with Crippen molar-refractivity contribution in [3.05, 3.63) is 35.7 Å². The Balaban J connectivity index is 2.00. The summed E-state index contributed by atoms with van der Waals surface area (Å²) in [5.41, 5.74) is 6.90. The molecule has 1 unspecified atom stereocenters. The molecule has 1 aliphatic heterocycles. The van der Waals surface area contributed by atoms with Gasteiger partial charge in [-0.3, -0.25) is 4.68 Å². The number of nitrogens with zero attached hydrogens (tertiary/aromatic N) is 3. The Labute approximate surface area is 140 Å². The molecular formula is C20H29N3. The second-order valence-corrected chi connectivity index (χ2v) is 6.85. The number of benzene rings is 1. The predicted octanol–water partition coefficient (Wildman–Crippen LogP) is 4.73. The largest absolute Gasteiger partial charge is 0.368 e. The van der Waals surface area contributed by atoms with Crippen LogP contribution in [0.3, 0.4) is 0 Å². The molecule has 1 aliphatic rings. The van der Waals surface area contributed by atoms with Gasteiger partial charge in [0.25, 0.3) is 0 Å². The Bertz CT molecular complexity index is 672.